The predicted octanol–water partition coefficient (Wildman–Crippen LogP) is 3.81. The first-order chi connectivity index (χ1) is 9.56. The summed E-state index contributed by atoms with van der Waals surface area (Å²) in [4.78, 5) is 11.9. The van der Waals surface area contributed by atoms with Crippen LogP contribution in [0.15, 0.2) is 42.5 Å². The Labute approximate surface area is 122 Å². The first kappa shape index (κ1) is 14.5. The highest BCUT2D eigenvalue weighted by Crippen LogP contribution is 2.19. The molecular weight excluding hydrogens is 277 g/mol. The molecule has 0 aromatic heterocycles. The van der Waals surface area contributed by atoms with E-state index in [1.807, 2.05) is 18.2 Å². The van der Waals surface area contributed by atoms with Crippen LogP contribution >= 0.6 is 11.6 Å². The van der Waals surface area contributed by atoms with Gasteiger partial charge >= 0.3 is 0 Å². The van der Waals surface area contributed by atoms with Crippen LogP contribution in [0, 0.1) is 5.82 Å². The van der Waals surface area contributed by atoms with Gasteiger partial charge in [0.2, 0.25) is 0 Å². The minimum absolute atomic E-state index is 0.0198. The van der Waals surface area contributed by atoms with Gasteiger partial charge < -0.3 is 5.73 Å². The molecule has 0 amide bonds. The summed E-state index contributed by atoms with van der Waals surface area (Å²) in [5.41, 5.74) is 7.70. The van der Waals surface area contributed by atoms with E-state index in [2.05, 4.69) is 0 Å². The van der Waals surface area contributed by atoms with Crippen LogP contribution in [-0.2, 0) is 17.6 Å². The summed E-state index contributed by atoms with van der Waals surface area (Å²) in [5, 5.41) is 0.0473. The van der Waals surface area contributed by atoms with Crippen LogP contribution in [0.1, 0.15) is 17.5 Å². The van der Waals surface area contributed by atoms with E-state index >= 15 is 0 Å². The lowest BCUT2D eigenvalue weighted by molar-refractivity contribution is -0.118. The second-order valence-electron chi connectivity index (χ2n) is 4.67. The van der Waals surface area contributed by atoms with E-state index in [9.17, 15) is 9.18 Å². The van der Waals surface area contributed by atoms with E-state index in [4.69, 9.17) is 17.3 Å². The monoisotopic (exact) mass is 291 g/mol. The molecule has 104 valence electrons. The number of benzene rings is 2. The van der Waals surface area contributed by atoms with Crippen molar-refractivity contribution in [2.24, 2.45) is 0 Å². The summed E-state index contributed by atoms with van der Waals surface area (Å²) in [6, 6.07) is 12.1. The molecule has 0 aliphatic carbocycles. The van der Waals surface area contributed by atoms with Gasteiger partial charge in [-0.2, -0.15) is 0 Å². The van der Waals surface area contributed by atoms with Crippen LogP contribution in [0.2, 0.25) is 5.02 Å². The number of rotatable bonds is 5. The number of nitrogens with two attached hydrogens (primary N) is 1. The highest BCUT2D eigenvalue weighted by Gasteiger charge is 2.10. The first-order valence-electron chi connectivity index (χ1n) is 6.35. The van der Waals surface area contributed by atoms with Gasteiger partial charge in [-0.3, -0.25) is 4.79 Å². The molecule has 2 rings (SSSR count). The number of anilines is 1. The van der Waals surface area contributed by atoms with Crippen molar-refractivity contribution >= 4 is 23.1 Å². The zero-order chi connectivity index (χ0) is 14.5. The quantitative estimate of drug-likeness (QED) is 0.851. The Balaban J connectivity index is 1.94. The van der Waals surface area contributed by atoms with Gasteiger partial charge in [0.25, 0.3) is 0 Å². The standard InChI is InChI=1S/C16H15ClFNO/c17-15-6-2-4-12(16(15)18)10-14(20)8-7-11-3-1-5-13(19)9-11/h1-6,9H,7-8,10,19H2. The zero-order valence-electron chi connectivity index (χ0n) is 10.9. The fraction of sp³-hybridized carbons (Fsp3) is 0.188. The second kappa shape index (κ2) is 6.53. The Kier molecular flexibility index (Phi) is 4.74. The van der Waals surface area contributed by atoms with Crippen molar-refractivity contribution in [2.45, 2.75) is 19.3 Å². The average Bonchev–Trinajstić information content (AvgIpc) is 2.42. The summed E-state index contributed by atoms with van der Waals surface area (Å²) in [6.45, 7) is 0. The van der Waals surface area contributed by atoms with Gasteiger partial charge in [0, 0.05) is 18.5 Å². The second-order valence-corrected chi connectivity index (χ2v) is 5.08. The Hall–Kier alpha value is -1.87. The van der Waals surface area contributed by atoms with Gasteiger partial charge in [0.05, 0.1) is 5.02 Å². The Bertz CT molecular complexity index is 628. The number of hydrogen-bond donors (Lipinski definition) is 1. The van der Waals surface area contributed by atoms with Crippen LogP contribution in [-0.4, -0.2) is 5.78 Å². The molecule has 20 heavy (non-hydrogen) atoms. The molecule has 2 N–H and O–H groups in total. The SMILES string of the molecule is Nc1cccc(CCC(=O)Cc2cccc(Cl)c2F)c1. The number of hydrogen-bond acceptors (Lipinski definition) is 2. The van der Waals surface area contributed by atoms with Crippen molar-refractivity contribution in [3.8, 4) is 0 Å². The number of aryl methyl sites for hydroxylation is 1. The van der Waals surface area contributed by atoms with Crippen LogP contribution < -0.4 is 5.73 Å². The molecule has 2 aromatic carbocycles. The molecule has 0 saturated carbocycles. The first-order valence-corrected chi connectivity index (χ1v) is 6.73. The molecule has 2 nitrogen and oxygen atoms in total. The molecule has 0 spiro atoms. The average molecular weight is 292 g/mol. The Morgan fingerprint density at radius 3 is 2.70 bits per heavy atom. The van der Waals surface area contributed by atoms with E-state index in [1.54, 1.807) is 18.2 Å². The summed E-state index contributed by atoms with van der Waals surface area (Å²) in [6.07, 6.45) is 1.02. The highest BCUT2D eigenvalue weighted by molar-refractivity contribution is 6.30. The molecule has 0 heterocycles. The third-order valence-electron chi connectivity index (χ3n) is 3.06. The topological polar surface area (TPSA) is 43.1 Å². The van der Waals surface area contributed by atoms with E-state index in [0.717, 1.165) is 5.56 Å². The van der Waals surface area contributed by atoms with Gasteiger partial charge in [-0.15, -0.1) is 0 Å². The summed E-state index contributed by atoms with van der Waals surface area (Å²) >= 11 is 5.69. The predicted molar refractivity (Wildman–Crippen MR) is 79.3 cm³/mol. The maximum atomic E-state index is 13.7. The molecule has 0 saturated heterocycles. The minimum Gasteiger partial charge on any atom is -0.399 e. The lowest BCUT2D eigenvalue weighted by atomic mass is 10.0. The zero-order valence-corrected chi connectivity index (χ0v) is 11.7. The molecule has 0 radical (unpaired) electrons. The van der Waals surface area contributed by atoms with Gasteiger partial charge in [-0.25, -0.2) is 4.39 Å². The smallest absolute Gasteiger partial charge is 0.145 e. The molecular formula is C16H15ClFNO. The summed E-state index contributed by atoms with van der Waals surface area (Å²) < 4.78 is 13.7. The molecule has 0 bridgehead atoms. The van der Waals surface area contributed by atoms with E-state index in [0.29, 0.717) is 24.1 Å². The van der Waals surface area contributed by atoms with Crippen molar-refractivity contribution in [1.29, 1.82) is 0 Å². The maximum absolute atomic E-state index is 13.7. The van der Waals surface area contributed by atoms with Gasteiger partial charge in [0.15, 0.2) is 0 Å². The lowest BCUT2D eigenvalue weighted by Crippen LogP contribution is -2.06. The van der Waals surface area contributed by atoms with E-state index < -0.39 is 5.82 Å². The van der Waals surface area contributed by atoms with Crippen molar-refractivity contribution in [1.82, 2.24) is 0 Å². The van der Waals surface area contributed by atoms with Crippen LogP contribution in [0.3, 0.4) is 0 Å². The molecule has 0 fully saturated rings. The molecule has 0 aliphatic rings. The normalized spacial score (nSPS) is 10.5. The number of nitrogen functional groups attached to an aromatic ring is 1. The van der Waals surface area contributed by atoms with Crippen molar-refractivity contribution in [3.63, 3.8) is 0 Å². The number of carbonyl (C=O) groups is 1. The lowest BCUT2D eigenvalue weighted by Gasteiger charge is -2.05. The fourth-order valence-electron chi connectivity index (χ4n) is 2.02. The Morgan fingerprint density at radius 1 is 1.20 bits per heavy atom. The number of carbonyl (C=O) groups excluding carboxylic acids is 1. The third-order valence-corrected chi connectivity index (χ3v) is 3.35. The number of Topliss-reactive ketones (excluding diaryl/α,β-unsaturated/α-hetero) is 1. The summed E-state index contributed by atoms with van der Waals surface area (Å²) in [7, 11) is 0. The number of halogens is 2. The molecule has 0 atom stereocenters. The van der Waals surface area contributed by atoms with Crippen molar-refractivity contribution < 1.29 is 9.18 Å². The summed E-state index contributed by atoms with van der Waals surface area (Å²) in [5.74, 6) is -0.528. The number of ketones is 1. The maximum Gasteiger partial charge on any atom is 0.145 e. The third kappa shape index (κ3) is 3.81. The highest BCUT2D eigenvalue weighted by atomic mass is 35.5. The van der Waals surface area contributed by atoms with Crippen LogP contribution in [0.5, 0.6) is 0 Å². The van der Waals surface area contributed by atoms with Crippen LogP contribution in [0.4, 0.5) is 10.1 Å². The van der Waals surface area contributed by atoms with Crippen molar-refractivity contribution in [2.75, 3.05) is 5.73 Å². The molecule has 0 unspecified atom stereocenters. The van der Waals surface area contributed by atoms with Crippen molar-refractivity contribution in [3.05, 3.63) is 64.4 Å². The van der Waals surface area contributed by atoms with E-state index in [-0.39, 0.29) is 17.2 Å². The molecule has 2 aromatic rings. The minimum atomic E-state index is -0.508. The largest absolute Gasteiger partial charge is 0.399 e. The van der Waals surface area contributed by atoms with E-state index in [1.165, 1.54) is 6.07 Å². The molecule has 4 heteroatoms. The Morgan fingerprint density at radius 2 is 1.95 bits per heavy atom. The molecule has 0 aliphatic heterocycles. The van der Waals surface area contributed by atoms with Gasteiger partial charge in [-0.1, -0.05) is 35.9 Å². The fourth-order valence-corrected chi connectivity index (χ4v) is 2.21. The van der Waals surface area contributed by atoms with Gasteiger partial charge in [0.1, 0.15) is 11.6 Å². The van der Waals surface area contributed by atoms with Gasteiger partial charge in [-0.05, 0) is 35.7 Å². The van der Waals surface area contributed by atoms with Crippen LogP contribution in [0.25, 0.3) is 0 Å².